The first kappa shape index (κ1) is 19.9. The minimum Gasteiger partial charge on any atom is -0.372 e. The number of morpholine rings is 1. The van der Waals surface area contributed by atoms with Crippen molar-refractivity contribution in [2.75, 3.05) is 18.8 Å². The number of aromatic nitrogens is 3. The molecule has 1 aromatic heterocycles. The summed E-state index contributed by atoms with van der Waals surface area (Å²) in [7, 11) is 0. The fourth-order valence-corrected chi connectivity index (χ4v) is 4.08. The van der Waals surface area contributed by atoms with Gasteiger partial charge in [-0.25, -0.2) is 0 Å². The maximum Gasteiger partial charge on any atom is 0.233 e. The average molecular weight is 407 g/mol. The number of nitrogens with zero attached hydrogens (tertiary/aromatic N) is 4. The smallest absolute Gasteiger partial charge is 0.233 e. The van der Waals surface area contributed by atoms with Crippen LogP contribution < -0.4 is 0 Å². The minimum atomic E-state index is 0.0589. The molecule has 0 saturated carbocycles. The lowest BCUT2D eigenvalue weighted by molar-refractivity contribution is -0.140. The topological polar surface area (TPSA) is 60.2 Å². The molecule has 0 bridgehead atoms. The number of halogens is 1. The minimum absolute atomic E-state index is 0.0589. The van der Waals surface area contributed by atoms with Crippen molar-refractivity contribution in [3.63, 3.8) is 0 Å². The fraction of sp³-hybridized carbons (Fsp3) is 0.421. The molecule has 2 heterocycles. The van der Waals surface area contributed by atoms with Crippen molar-refractivity contribution in [3.8, 4) is 11.4 Å². The highest BCUT2D eigenvalue weighted by Crippen LogP contribution is 2.25. The second-order valence-electron chi connectivity index (χ2n) is 6.56. The van der Waals surface area contributed by atoms with Crippen LogP contribution in [0.2, 0.25) is 5.02 Å². The molecule has 0 spiro atoms. The van der Waals surface area contributed by atoms with Crippen LogP contribution in [0, 0.1) is 0 Å². The van der Waals surface area contributed by atoms with Gasteiger partial charge in [-0.1, -0.05) is 29.4 Å². The molecule has 0 N–H and O–H groups in total. The van der Waals surface area contributed by atoms with Crippen LogP contribution in [-0.2, 0) is 16.1 Å². The van der Waals surface area contributed by atoms with Gasteiger partial charge in [-0.05, 0) is 38.1 Å². The van der Waals surface area contributed by atoms with Gasteiger partial charge < -0.3 is 9.64 Å². The van der Waals surface area contributed by atoms with Crippen molar-refractivity contribution in [1.82, 2.24) is 19.7 Å². The van der Waals surface area contributed by atoms with E-state index in [1.54, 1.807) is 6.08 Å². The summed E-state index contributed by atoms with van der Waals surface area (Å²) >= 11 is 7.36. The molecule has 0 radical (unpaired) electrons. The van der Waals surface area contributed by atoms with Crippen LogP contribution in [-0.4, -0.2) is 56.6 Å². The Morgan fingerprint density at radius 3 is 2.59 bits per heavy atom. The summed E-state index contributed by atoms with van der Waals surface area (Å²) in [6.45, 7) is 9.60. The molecular formula is C19H23ClN4O2S. The zero-order valence-corrected chi connectivity index (χ0v) is 17.0. The first-order chi connectivity index (χ1) is 13.0. The van der Waals surface area contributed by atoms with Crippen LogP contribution in [0.4, 0.5) is 0 Å². The predicted molar refractivity (Wildman–Crippen MR) is 108 cm³/mol. The van der Waals surface area contributed by atoms with Gasteiger partial charge in [0.15, 0.2) is 11.0 Å². The van der Waals surface area contributed by atoms with Crippen LogP contribution in [0.1, 0.15) is 13.8 Å². The maximum atomic E-state index is 12.6. The van der Waals surface area contributed by atoms with E-state index in [2.05, 4.69) is 16.8 Å². The van der Waals surface area contributed by atoms with E-state index < -0.39 is 0 Å². The van der Waals surface area contributed by atoms with Gasteiger partial charge in [0.2, 0.25) is 5.91 Å². The monoisotopic (exact) mass is 406 g/mol. The predicted octanol–water partition coefficient (Wildman–Crippen LogP) is 3.51. The van der Waals surface area contributed by atoms with Crippen molar-refractivity contribution in [2.24, 2.45) is 0 Å². The third-order valence-electron chi connectivity index (χ3n) is 4.23. The van der Waals surface area contributed by atoms with E-state index in [9.17, 15) is 4.79 Å². The summed E-state index contributed by atoms with van der Waals surface area (Å²) in [5.41, 5.74) is 0.919. The number of thioether (sulfide) groups is 1. The SMILES string of the molecule is C=CCn1c(SCC(=O)N2C[C@@H](C)O[C@H](C)C2)nnc1-c1ccc(Cl)cc1. The lowest BCUT2D eigenvalue weighted by Crippen LogP contribution is -2.48. The molecule has 1 saturated heterocycles. The molecule has 2 aromatic rings. The molecule has 0 unspecified atom stereocenters. The average Bonchev–Trinajstić information content (AvgIpc) is 3.02. The van der Waals surface area contributed by atoms with Crippen molar-refractivity contribution >= 4 is 29.3 Å². The quantitative estimate of drug-likeness (QED) is 0.542. The van der Waals surface area contributed by atoms with E-state index in [-0.39, 0.29) is 18.1 Å². The lowest BCUT2D eigenvalue weighted by Gasteiger charge is -2.35. The number of ether oxygens (including phenoxy) is 1. The standard InChI is InChI=1S/C19H23ClN4O2S/c1-4-9-24-18(15-5-7-16(20)8-6-15)21-22-19(24)27-12-17(25)23-10-13(2)26-14(3)11-23/h4-8,13-14H,1,9-12H2,2-3H3/t13-,14-/m1/s1. The molecule has 1 aliphatic rings. The number of benzene rings is 1. The molecular weight excluding hydrogens is 384 g/mol. The van der Waals surface area contributed by atoms with Crippen LogP contribution in [0.5, 0.6) is 0 Å². The van der Waals surface area contributed by atoms with Gasteiger partial charge in [-0.3, -0.25) is 9.36 Å². The lowest BCUT2D eigenvalue weighted by atomic mass is 10.2. The second-order valence-corrected chi connectivity index (χ2v) is 7.94. The number of hydrogen-bond donors (Lipinski definition) is 0. The fourth-order valence-electron chi connectivity index (χ4n) is 3.10. The normalized spacial score (nSPS) is 19.9. The zero-order valence-electron chi connectivity index (χ0n) is 15.5. The summed E-state index contributed by atoms with van der Waals surface area (Å²) in [6.07, 6.45) is 1.91. The Morgan fingerprint density at radius 2 is 1.96 bits per heavy atom. The Balaban J connectivity index is 1.72. The molecule has 1 fully saturated rings. The first-order valence-corrected chi connectivity index (χ1v) is 10.2. The summed E-state index contributed by atoms with van der Waals surface area (Å²) in [6, 6.07) is 7.45. The zero-order chi connectivity index (χ0) is 19.4. The van der Waals surface area contributed by atoms with Gasteiger partial charge in [0.1, 0.15) is 0 Å². The molecule has 8 heteroatoms. The Labute approximate surface area is 168 Å². The van der Waals surface area contributed by atoms with Crippen molar-refractivity contribution < 1.29 is 9.53 Å². The van der Waals surface area contributed by atoms with Crippen LogP contribution in [0.3, 0.4) is 0 Å². The highest BCUT2D eigenvalue weighted by molar-refractivity contribution is 7.99. The van der Waals surface area contributed by atoms with Gasteiger partial charge in [-0.2, -0.15) is 0 Å². The highest BCUT2D eigenvalue weighted by Gasteiger charge is 2.26. The van der Waals surface area contributed by atoms with Crippen molar-refractivity contribution in [2.45, 2.75) is 37.8 Å². The number of amides is 1. The number of carbonyl (C=O) groups excluding carboxylic acids is 1. The van der Waals surface area contributed by atoms with Crippen LogP contribution >= 0.6 is 23.4 Å². The van der Waals surface area contributed by atoms with Gasteiger partial charge in [0, 0.05) is 30.2 Å². The van der Waals surface area contributed by atoms with E-state index in [1.807, 2.05) is 47.6 Å². The van der Waals surface area contributed by atoms with Crippen LogP contribution in [0.25, 0.3) is 11.4 Å². The Bertz CT molecular complexity index is 799. The third-order valence-corrected chi connectivity index (χ3v) is 5.43. The Morgan fingerprint density at radius 1 is 1.30 bits per heavy atom. The molecule has 27 heavy (non-hydrogen) atoms. The van der Waals surface area contributed by atoms with E-state index >= 15 is 0 Å². The van der Waals surface area contributed by atoms with Gasteiger partial charge in [0.05, 0.1) is 18.0 Å². The van der Waals surface area contributed by atoms with E-state index in [0.717, 1.165) is 11.4 Å². The summed E-state index contributed by atoms with van der Waals surface area (Å²) < 4.78 is 7.65. The molecule has 3 rings (SSSR count). The summed E-state index contributed by atoms with van der Waals surface area (Å²) in [5.74, 6) is 1.13. The first-order valence-electron chi connectivity index (χ1n) is 8.84. The summed E-state index contributed by atoms with van der Waals surface area (Å²) in [5, 5.41) is 9.95. The molecule has 1 amide bonds. The van der Waals surface area contributed by atoms with Crippen molar-refractivity contribution in [1.29, 1.82) is 0 Å². The molecule has 144 valence electrons. The van der Waals surface area contributed by atoms with Gasteiger partial charge >= 0.3 is 0 Å². The maximum absolute atomic E-state index is 12.6. The molecule has 1 aromatic carbocycles. The van der Waals surface area contributed by atoms with E-state index in [4.69, 9.17) is 16.3 Å². The van der Waals surface area contributed by atoms with Gasteiger partial charge in [0.25, 0.3) is 0 Å². The van der Waals surface area contributed by atoms with E-state index in [1.165, 1.54) is 11.8 Å². The van der Waals surface area contributed by atoms with E-state index in [0.29, 0.717) is 35.6 Å². The van der Waals surface area contributed by atoms with Crippen LogP contribution in [0.15, 0.2) is 42.1 Å². The Kier molecular flexibility index (Phi) is 6.57. The van der Waals surface area contributed by atoms with Gasteiger partial charge in [-0.15, -0.1) is 16.8 Å². The second kappa shape index (κ2) is 8.91. The highest BCUT2D eigenvalue weighted by atomic mass is 35.5. The Hall–Kier alpha value is -1.83. The largest absolute Gasteiger partial charge is 0.372 e. The number of carbonyl (C=O) groups is 1. The van der Waals surface area contributed by atoms with Crippen molar-refractivity contribution in [3.05, 3.63) is 41.9 Å². The number of allylic oxidation sites excluding steroid dienone is 1. The third kappa shape index (κ3) is 4.91. The molecule has 0 aliphatic carbocycles. The number of rotatable bonds is 6. The number of hydrogen-bond acceptors (Lipinski definition) is 5. The molecule has 6 nitrogen and oxygen atoms in total. The molecule has 2 atom stereocenters. The summed E-state index contributed by atoms with van der Waals surface area (Å²) in [4.78, 5) is 14.5. The molecule has 1 aliphatic heterocycles.